The Labute approximate surface area is 67.3 Å². The molecule has 1 fully saturated rings. The van der Waals surface area contributed by atoms with Crippen LogP contribution in [0.4, 0.5) is 0 Å². The number of carbonyl (C=O) groups is 1. The second-order valence-electron chi connectivity index (χ2n) is 3.00. The molecule has 1 aliphatic rings. The van der Waals surface area contributed by atoms with Crippen molar-refractivity contribution in [1.82, 2.24) is 4.90 Å². The first-order valence-electron chi connectivity index (χ1n) is 4.09. The minimum absolute atomic E-state index is 0.0307. The Morgan fingerprint density at radius 2 is 2.45 bits per heavy atom. The molecule has 11 heavy (non-hydrogen) atoms. The summed E-state index contributed by atoms with van der Waals surface area (Å²) < 4.78 is 4.91. The third kappa shape index (κ3) is 2.19. The average Bonchev–Trinajstić information content (AvgIpc) is 2.36. The smallest absolute Gasteiger partial charge is 0.310 e. The van der Waals surface area contributed by atoms with Crippen LogP contribution in [-0.2, 0) is 9.53 Å². The lowest BCUT2D eigenvalue weighted by atomic mass is 10.1. The summed E-state index contributed by atoms with van der Waals surface area (Å²) in [5.74, 6) is 0.0943. The molecule has 0 saturated carbocycles. The third-order valence-corrected chi connectivity index (χ3v) is 2.01. The van der Waals surface area contributed by atoms with E-state index in [9.17, 15) is 4.79 Å². The highest BCUT2D eigenvalue weighted by atomic mass is 16.5. The lowest BCUT2D eigenvalue weighted by Crippen LogP contribution is -2.21. The van der Waals surface area contributed by atoms with Gasteiger partial charge in [-0.15, -0.1) is 0 Å². The molecule has 0 spiro atoms. The van der Waals surface area contributed by atoms with Crippen molar-refractivity contribution in [2.24, 2.45) is 5.92 Å². The Balaban J connectivity index is 2.31. The minimum atomic E-state index is -0.0307. The van der Waals surface area contributed by atoms with Gasteiger partial charge in [-0.1, -0.05) is 0 Å². The van der Waals surface area contributed by atoms with Crippen LogP contribution in [0.25, 0.3) is 0 Å². The Hall–Kier alpha value is -0.570. The molecular weight excluding hydrogens is 142 g/mol. The molecule has 0 unspecified atom stereocenters. The maximum Gasteiger partial charge on any atom is 0.310 e. The van der Waals surface area contributed by atoms with Gasteiger partial charge in [0.2, 0.25) is 0 Å². The van der Waals surface area contributed by atoms with E-state index < -0.39 is 0 Å². The maximum atomic E-state index is 11.1. The standard InChI is InChI=1S/C8H15NO2/c1-3-11-8(10)7-4-5-9(2)6-7/h7H,3-6H2,1-2H3/t7-/m0/s1. The average molecular weight is 157 g/mol. The molecule has 3 nitrogen and oxygen atoms in total. The molecule has 1 atom stereocenters. The van der Waals surface area contributed by atoms with E-state index >= 15 is 0 Å². The van der Waals surface area contributed by atoms with Crippen molar-refractivity contribution in [3.63, 3.8) is 0 Å². The Bertz CT molecular complexity index is 147. The molecule has 0 aliphatic carbocycles. The van der Waals surface area contributed by atoms with Crippen LogP contribution in [0.15, 0.2) is 0 Å². The van der Waals surface area contributed by atoms with Gasteiger partial charge in [-0.3, -0.25) is 4.79 Å². The lowest BCUT2D eigenvalue weighted by molar-refractivity contribution is -0.147. The predicted molar refractivity (Wildman–Crippen MR) is 42.2 cm³/mol. The molecule has 0 amide bonds. The second-order valence-corrected chi connectivity index (χ2v) is 3.00. The van der Waals surface area contributed by atoms with Crippen LogP contribution in [-0.4, -0.2) is 37.6 Å². The summed E-state index contributed by atoms with van der Waals surface area (Å²) in [6.07, 6.45) is 0.954. The van der Waals surface area contributed by atoms with Crippen molar-refractivity contribution in [2.75, 3.05) is 26.7 Å². The quantitative estimate of drug-likeness (QED) is 0.547. The number of hydrogen-bond donors (Lipinski definition) is 0. The summed E-state index contributed by atoms with van der Waals surface area (Å²) in [6, 6.07) is 0. The van der Waals surface area contributed by atoms with Crippen molar-refractivity contribution in [2.45, 2.75) is 13.3 Å². The van der Waals surface area contributed by atoms with Crippen LogP contribution in [0, 0.1) is 5.92 Å². The first kappa shape index (κ1) is 8.53. The number of ether oxygens (including phenoxy) is 1. The van der Waals surface area contributed by atoms with E-state index in [-0.39, 0.29) is 11.9 Å². The van der Waals surface area contributed by atoms with Gasteiger partial charge < -0.3 is 9.64 Å². The van der Waals surface area contributed by atoms with E-state index in [2.05, 4.69) is 4.90 Å². The van der Waals surface area contributed by atoms with E-state index in [0.717, 1.165) is 19.5 Å². The van der Waals surface area contributed by atoms with Crippen LogP contribution in [0.2, 0.25) is 0 Å². The summed E-state index contributed by atoms with van der Waals surface area (Å²) >= 11 is 0. The van der Waals surface area contributed by atoms with E-state index in [4.69, 9.17) is 4.74 Å². The minimum Gasteiger partial charge on any atom is -0.466 e. The Morgan fingerprint density at radius 3 is 2.91 bits per heavy atom. The van der Waals surface area contributed by atoms with Gasteiger partial charge in [0.25, 0.3) is 0 Å². The molecule has 1 heterocycles. The monoisotopic (exact) mass is 157 g/mol. The number of likely N-dealkylation sites (tertiary alicyclic amines) is 1. The summed E-state index contributed by atoms with van der Waals surface area (Å²) in [6.45, 7) is 4.22. The van der Waals surface area contributed by atoms with Crippen molar-refractivity contribution in [3.05, 3.63) is 0 Å². The van der Waals surface area contributed by atoms with Crippen LogP contribution >= 0.6 is 0 Å². The van der Waals surface area contributed by atoms with Gasteiger partial charge in [-0.2, -0.15) is 0 Å². The van der Waals surface area contributed by atoms with Crippen LogP contribution in [0.1, 0.15) is 13.3 Å². The van der Waals surface area contributed by atoms with Gasteiger partial charge in [0.15, 0.2) is 0 Å². The highest BCUT2D eigenvalue weighted by Crippen LogP contribution is 2.15. The lowest BCUT2D eigenvalue weighted by Gasteiger charge is -2.08. The van der Waals surface area contributed by atoms with Gasteiger partial charge in [-0.05, 0) is 26.9 Å². The topological polar surface area (TPSA) is 29.5 Å². The number of hydrogen-bond acceptors (Lipinski definition) is 3. The fourth-order valence-corrected chi connectivity index (χ4v) is 1.39. The van der Waals surface area contributed by atoms with Crippen molar-refractivity contribution in [1.29, 1.82) is 0 Å². The fraction of sp³-hybridized carbons (Fsp3) is 0.875. The predicted octanol–water partition coefficient (Wildman–Crippen LogP) is 0.501. The van der Waals surface area contributed by atoms with Crippen LogP contribution in [0.3, 0.4) is 0 Å². The number of esters is 1. The molecule has 0 aromatic heterocycles. The zero-order chi connectivity index (χ0) is 8.27. The second kappa shape index (κ2) is 3.72. The molecule has 1 rings (SSSR count). The van der Waals surface area contributed by atoms with Crippen LogP contribution < -0.4 is 0 Å². The van der Waals surface area contributed by atoms with E-state index in [0.29, 0.717) is 6.61 Å². The molecule has 0 radical (unpaired) electrons. The highest BCUT2D eigenvalue weighted by Gasteiger charge is 2.26. The molecule has 0 aromatic carbocycles. The summed E-state index contributed by atoms with van der Waals surface area (Å²) in [5.41, 5.74) is 0. The molecule has 1 aliphatic heterocycles. The SMILES string of the molecule is CCOC(=O)[C@H]1CCN(C)C1. The molecule has 1 saturated heterocycles. The molecule has 64 valence electrons. The summed E-state index contributed by atoms with van der Waals surface area (Å²) in [5, 5.41) is 0. The first-order chi connectivity index (χ1) is 5.24. The normalized spacial score (nSPS) is 25.5. The molecule has 0 N–H and O–H groups in total. The third-order valence-electron chi connectivity index (χ3n) is 2.01. The van der Waals surface area contributed by atoms with Crippen LogP contribution in [0.5, 0.6) is 0 Å². The maximum absolute atomic E-state index is 11.1. The van der Waals surface area contributed by atoms with E-state index in [1.807, 2.05) is 14.0 Å². The van der Waals surface area contributed by atoms with E-state index in [1.165, 1.54) is 0 Å². The van der Waals surface area contributed by atoms with Crippen molar-refractivity contribution >= 4 is 5.97 Å². The molecule has 0 aromatic rings. The van der Waals surface area contributed by atoms with Gasteiger partial charge >= 0.3 is 5.97 Å². The Morgan fingerprint density at radius 1 is 1.73 bits per heavy atom. The van der Waals surface area contributed by atoms with E-state index in [1.54, 1.807) is 0 Å². The zero-order valence-electron chi connectivity index (χ0n) is 7.17. The van der Waals surface area contributed by atoms with Gasteiger partial charge in [0.05, 0.1) is 12.5 Å². The summed E-state index contributed by atoms with van der Waals surface area (Å²) in [4.78, 5) is 13.3. The van der Waals surface area contributed by atoms with Gasteiger partial charge in [-0.25, -0.2) is 0 Å². The molecule has 0 bridgehead atoms. The van der Waals surface area contributed by atoms with Gasteiger partial charge in [0.1, 0.15) is 0 Å². The van der Waals surface area contributed by atoms with Crippen molar-refractivity contribution < 1.29 is 9.53 Å². The van der Waals surface area contributed by atoms with Crippen molar-refractivity contribution in [3.8, 4) is 0 Å². The Kier molecular flexibility index (Phi) is 2.88. The molecular formula is C8H15NO2. The fourth-order valence-electron chi connectivity index (χ4n) is 1.39. The highest BCUT2D eigenvalue weighted by molar-refractivity contribution is 5.73. The number of carbonyl (C=O) groups excluding carboxylic acids is 1. The number of nitrogens with zero attached hydrogens (tertiary/aromatic N) is 1. The first-order valence-corrected chi connectivity index (χ1v) is 4.09. The summed E-state index contributed by atoms with van der Waals surface area (Å²) in [7, 11) is 2.03. The zero-order valence-corrected chi connectivity index (χ0v) is 7.17. The molecule has 3 heteroatoms. The largest absolute Gasteiger partial charge is 0.466 e. The van der Waals surface area contributed by atoms with Gasteiger partial charge in [0, 0.05) is 6.54 Å². The number of rotatable bonds is 2.